The Hall–Kier alpha value is -3.35. The van der Waals surface area contributed by atoms with Crippen LogP contribution in [-0.4, -0.2) is 52.2 Å². The number of hydrogen-bond donors (Lipinski definition) is 2. The summed E-state index contributed by atoms with van der Waals surface area (Å²) in [6.45, 7) is 6.44. The van der Waals surface area contributed by atoms with Gasteiger partial charge in [0.15, 0.2) is 0 Å². The Morgan fingerprint density at radius 1 is 1.06 bits per heavy atom. The molecule has 2 aromatic rings. The van der Waals surface area contributed by atoms with Crippen LogP contribution in [0.15, 0.2) is 48.5 Å². The Kier molecular flexibility index (Phi) is 5.42. The van der Waals surface area contributed by atoms with Crippen molar-refractivity contribution in [1.29, 1.82) is 0 Å². The number of nitrogens with zero attached hydrogens (tertiary/aromatic N) is 1. The molecule has 6 rings (SSSR count). The molecule has 2 heterocycles. The number of aliphatic carboxylic acids is 1. The second-order valence-electron chi connectivity index (χ2n) is 11.3. The van der Waals surface area contributed by atoms with Gasteiger partial charge in [0, 0.05) is 24.4 Å². The molecule has 2 aromatic carbocycles. The Labute approximate surface area is 205 Å². The number of carboxylic acid groups (broad SMARTS) is 1. The number of ether oxygens (including phenoxy) is 1. The fraction of sp³-hybridized carbons (Fsp3) is 0.464. The fourth-order valence-corrected chi connectivity index (χ4v) is 6.32. The zero-order chi connectivity index (χ0) is 25.0. The highest BCUT2D eigenvalue weighted by Gasteiger charge is 2.68. The van der Waals surface area contributed by atoms with E-state index in [1.165, 1.54) is 11.1 Å². The van der Waals surface area contributed by atoms with E-state index in [1.807, 2.05) is 45.0 Å². The van der Waals surface area contributed by atoms with Gasteiger partial charge >= 0.3 is 12.1 Å². The standard InChI is InChI=1S/C28H32N2O5/c1-26(2,13-12-23(31)30-17-27(3)15-28(30,16-27)24(32)33)29-25(34)35-14-22-20-10-6-4-8-18(20)19-9-5-7-11-21(19)22/h4-11,22H,12-17H2,1-3H3,(H,29,34)(H,32,33). The highest BCUT2D eigenvalue weighted by Crippen LogP contribution is 2.59. The molecule has 2 bridgehead atoms. The Bertz CT molecular complexity index is 1150. The molecule has 0 radical (unpaired) electrons. The quantitative estimate of drug-likeness (QED) is 0.611. The van der Waals surface area contributed by atoms with Gasteiger partial charge in [-0.05, 0) is 60.8 Å². The van der Waals surface area contributed by atoms with Crippen LogP contribution in [0, 0.1) is 5.41 Å². The first-order valence-electron chi connectivity index (χ1n) is 12.2. The molecule has 0 spiro atoms. The molecule has 7 nitrogen and oxygen atoms in total. The van der Waals surface area contributed by atoms with Gasteiger partial charge in [0.2, 0.25) is 5.91 Å². The summed E-state index contributed by atoms with van der Waals surface area (Å²) in [6.07, 6.45) is 1.06. The van der Waals surface area contributed by atoms with Crippen LogP contribution >= 0.6 is 0 Å². The third-order valence-corrected chi connectivity index (χ3v) is 7.94. The minimum absolute atomic E-state index is 0.0203. The number of alkyl carbamates (subject to hydrolysis) is 1. The summed E-state index contributed by atoms with van der Waals surface area (Å²) < 4.78 is 5.64. The number of rotatable bonds is 7. The molecule has 3 fully saturated rings. The minimum Gasteiger partial charge on any atom is -0.479 e. The molecule has 2 aliphatic heterocycles. The van der Waals surface area contributed by atoms with Crippen molar-refractivity contribution >= 4 is 18.0 Å². The lowest BCUT2D eigenvalue weighted by Gasteiger charge is -2.42. The molecule has 2 aliphatic carbocycles. The van der Waals surface area contributed by atoms with Gasteiger partial charge in [-0.25, -0.2) is 9.59 Å². The van der Waals surface area contributed by atoms with E-state index in [9.17, 15) is 19.5 Å². The van der Waals surface area contributed by atoms with Crippen molar-refractivity contribution < 1.29 is 24.2 Å². The molecule has 7 heteroatoms. The summed E-state index contributed by atoms with van der Waals surface area (Å²) in [5.41, 5.74) is 2.82. The number of nitrogens with one attached hydrogen (secondary N) is 1. The first kappa shape index (κ1) is 23.4. The Morgan fingerprint density at radius 2 is 1.63 bits per heavy atom. The summed E-state index contributed by atoms with van der Waals surface area (Å²) in [4.78, 5) is 39.0. The number of carbonyl (C=O) groups is 3. The zero-order valence-electron chi connectivity index (χ0n) is 20.5. The van der Waals surface area contributed by atoms with Crippen molar-refractivity contribution in [3.8, 4) is 11.1 Å². The van der Waals surface area contributed by atoms with Crippen molar-refractivity contribution in [3.63, 3.8) is 0 Å². The predicted octanol–water partition coefficient (Wildman–Crippen LogP) is 4.55. The van der Waals surface area contributed by atoms with E-state index in [0.29, 0.717) is 25.8 Å². The topological polar surface area (TPSA) is 95.9 Å². The molecule has 4 aliphatic rings. The lowest BCUT2D eigenvalue weighted by Crippen LogP contribution is -2.56. The summed E-state index contributed by atoms with van der Waals surface area (Å²) in [6, 6.07) is 16.3. The summed E-state index contributed by atoms with van der Waals surface area (Å²) >= 11 is 0. The highest BCUT2D eigenvalue weighted by atomic mass is 16.5. The molecule has 184 valence electrons. The molecule has 35 heavy (non-hydrogen) atoms. The maximum absolute atomic E-state index is 12.9. The second kappa shape index (κ2) is 8.11. The van der Waals surface area contributed by atoms with Gasteiger partial charge in [0.05, 0.1) is 0 Å². The van der Waals surface area contributed by atoms with Gasteiger partial charge in [-0.3, -0.25) is 4.79 Å². The molecule has 2 N–H and O–H groups in total. The largest absolute Gasteiger partial charge is 0.479 e. The normalized spacial score (nSPS) is 24.4. The van der Waals surface area contributed by atoms with Crippen LogP contribution in [0.4, 0.5) is 4.79 Å². The minimum atomic E-state index is -1.05. The molecule has 0 unspecified atom stereocenters. The van der Waals surface area contributed by atoms with E-state index >= 15 is 0 Å². The van der Waals surface area contributed by atoms with E-state index in [-0.39, 0.29) is 30.3 Å². The monoisotopic (exact) mass is 476 g/mol. The first-order chi connectivity index (χ1) is 16.5. The third kappa shape index (κ3) is 3.97. The molecule has 0 atom stereocenters. The highest BCUT2D eigenvalue weighted by molar-refractivity contribution is 5.90. The predicted molar refractivity (Wildman–Crippen MR) is 131 cm³/mol. The van der Waals surface area contributed by atoms with Crippen molar-refractivity contribution in [2.75, 3.05) is 13.2 Å². The van der Waals surface area contributed by atoms with E-state index in [0.717, 1.165) is 11.1 Å². The van der Waals surface area contributed by atoms with Crippen LogP contribution in [0.3, 0.4) is 0 Å². The van der Waals surface area contributed by atoms with Crippen LogP contribution in [0.1, 0.15) is 63.5 Å². The molecule has 2 amide bonds. The lowest BCUT2D eigenvalue weighted by molar-refractivity contribution is -0.160. The van der Waals surface area contributed by atoms with Gasteiger partial charge in [0.1, 0.15) is 12.1 Å². The number of benzene rings is 2. The van der Waals surface area contributed by atoms with Crippen LogP contribution in [0.5, 0.6) is 0 Å². The zero-order valence-corrected chi connectivity index (χ0v) is 20.5. The van der Waals surface area contributed by atoms with Crippen LogP contribution in [0.2, 0.25) is 0 Å². The van der Waals surface area contributed by atoms with E-state index in [1.54, 1.807) is 4.90 Å². The van der Waals surface area contributed by atoms with Crippen LogP contribution in [0.25, 0.3) is 11.1 Å². The number of hydrogen-bond acceptors (Lipinski definition) is 4. The Balaban J connectivity index is 1.16. The van der Waals surface area contributed by atoms with Crippen LogP contribution < -0.4 is 5.32 Å². The Morgan fingerprint density at radius 3 is 2.20 bits per heavy atom. The molecular weight excluding hydrogens is 444 g/mol. The summed E-state index contributed by atoms with van der Waals surface area (Å²) in [5, 5.41) is 12.6. The molecule has 0 aromatic heterocycles. The van der Waals surface area contributed by atoms with Crippen LogP contribution in [-0.2, 0) is 14.3 Å². The van der Waals surface area contributed by atoms with Crippen molar-refractivity contribution in [2.45, 2.75) is 63.5 Å². The summed E-state index contributed by atoms with van der Waals surface area (Å²) in [7, 11) is 0. The van der Waals surface area contributed by atoms with Crippen molar-refractivity contribution in [2.24, 2.45) is 5.41 Å². The number of amides is 2. The first-order valence-corrected chi connectivity index (χ1v) is 12.2. The average molecular weight is 477 g/mol. The maximum atomic E-state index is 12.9. The molecule has 1 saturated carbocycles. The molecule has 2 saturated heterocycles. The maximum Gasteiger partial charge on any atom is 0.407 e. The third-order valence-electron chi connectivity index (χ3n) is 7.94. The SMILES string of the molecule is CC12CN(C(=O)CCC(C)(C)NC(=O)OCC3c4ccccc4-c4ccccc43)C(C(=O)O)(C1)C2. The molecular formula is C28H32N2O5. The van der Waals surface area contributed by atoms with Crippen molar-refractivity contribution in [3.05, 3.63) is 59.7 Å². The fourth-order valence-electron chi connectivity index (χ4n) is 6.32. The lowest BCUT2D eigenvalue weighted by atomic mass is 9.63. The van der Waals surface area contributed by atoms with Gasteiger partial charge in [-0.2, -0.15) is 0 Å². The van der Waals surface area contributed by atoms with E-state index < -0.39 is 23.1 Å². The van der Waals surface area contributed by atoms with Gasteiger partial charge < -0.3 is 20.1 Å². The smallest absolute Gasteiger partial charge is 0.407 e. The van der Waals surface area contributed by atoms with Gasteiger partial charge in [-0.15, -0.1) is 0 Å². The van der Waals surface area contributed by atoms with E-state index in [2.05, 4.69) is 29.6 Å². The van der Waals surface area contributed by atoms with Gasteiger partial charge in [-0.1, -0.05) is 55.5 Å². The van der Waals surface area contributed by atoms with E-state index in [4.69, 9.17) is 4.74 Å². The second-order valence-corrected chi connectivity index (χ2v) is 11.3. The number of carboxylic acids is 1. The summed E-state index contributed by atoms with van der Waals surface area (Å²) in [5.74, 6) is -1.11. The number of carbonyl (C=O) groups excluding carboxylic acids is 2. The van der Waals surface area contributed by atoms with Crippen molar-refractivity contribution in [1.82, 2.24) is 10.2 Å². The number of fused-ring (bicyclic) bond motifs is 4. The van der Waals surface area contributed by atoms with Gasteiger partial charge in [0.25, 0.3) is 0 Å². The average Bonchev–Trinajstić information content (AvgIpc) is 3.40.